The van der Waals surface area contributed by atoms with E-state index in [4.69, 9.17) is 12.2 Å². The van der Waals surface area contributed by atoms with E-state index in [0.29, 0.717) is 10.5 Å². The van der Waals surface area contributed by atoms with Crippen molar-refractivity contribution in [2.24, 2.45) is 0 Å². The van der Waals surface area contributed by atoms with E-state index in [9.17, 15) is 4.39 Å². The molecule has 0 amide bonds. The highest BCUT2D eigenvalue weighted by atomic mass is 32.1. The molecule has 0 spiro atoms. The van der Waals surface area contributed by atoms with Gasteiger partial charge in [-0.3, -0.25) is 9.67 Å². The minimum absolute atomic E-state index is 0.264. The number of rotatable bonds is 2. The molecule has 3 nitrogen and oxygen atoms in total. The van der Waals surface area contributed by atoms with E-state index < -0.39 is 0 Å². The van der Waals surface area contributed by atoms with Crippen LogP contribution in [-0.2, 0) is 6.42 Å². The summed E-state index contributed by atoms with van der Waals surface area (Å²) >= 11 is 5.13. The standard InChI is InChI=1S/C11H12FN3S/c1-3-10-13-14-11(16)15(10)9-5-7(2)4-8(12)6-9/h4-6H,3H2,1-2H3,(H,14,16). The summed E-state index contributed by atoms with van der Waals surface area (Å²) in [4.78, 5) is 0. The van der Waals surface area contributed by atoms with E-state index in [1.54, 1.807) is 4.57 Å². The third kappa shape index (κ3) is 1.90. The lowest BCUT2D eigenvalue weighted by molar-refractivity contribution is 0.625. The Morgan fingerprint density at radius 2 is 2.19 bits per heavy atom. The molecule has 84 valence electrons. The number of benzene rings is 1. The third-order valence-electron chi connectivity index (χ3n) is 2.34. The number of hydrogen-bond donors (Lipinski definition) is 1. The second-order valence-electron chi connectivity index (χ2n) is 3.62. The summed E-state index contributed by atoms with van der Waals surface area (Å²) in [6.45, 7) is 3.83. The molecular weight excluding hydrogens is 225 g/mol. The molecule has 0 radical (unpaired) electrons. The Hall–Kier alpha value is -1.49. The van der Waals surface area contributed by atoms with Gasteiger partial charge in [0.25, 0.3) is 0 Å². The highest BCUT2D eigenvalue weighted by Crippen LogP contribution is 2.15. The van der Waals surface area contributed by atoms with Crippen molar-refractivity contribution in [3.8, 4) is 5.69 Å². The Morgan fingerprint density at radius 1 is 1.44 bits per heavy atom. The van der Waals surface area contributed by atoms with Gasteiger partial charge in [0.1, 0.15) is 11.6 Å². The summed E-state index contributed by atoms with van der Waals surface area (Å²) in [5.41, 5.74) is 1.58. The van der Waals surface area contributed by atoms with E-state index >= 15 is 0 Å². The van der Waals surface area contributed by atoms with Crippen LogP contribution in [-0.4, -0.2) is 14.8 Å². The zero-order valence-corrected chi connectivity index (χ0v) is 9.94. The molecule has 0 aliphatic heterocycles. The van der Waals surface area contributed by atoms with Gasteiger partial charge in [0.05, 0.1) is 5.69 Å². The number of aryl methyl sites for hydroxylation is 2. The average molecular weight is 237 g/mol. The second-order valence-corrected chi connectivity index (χ2v) is 4.01. The number of nitrogens with zero attached hydrogens (tertiary/aromatic N) is 2. The summed E-state index contributed by atoms with van der Waals surface area (Å²) in [6, 6.07) is 4.82. The van der Waals surface area contributed by atoms with E-state index in [0.717, 1.165) is 17.8 Å². The van der Waals surface area contributed by atoms with Gasteiger partial charge < -0.3 is 0 Å². The van der Waals surface area contributed by atoms with Crippen LogP contribution < -0.4 is 0 Å². The van der Waals surface area contributed by atoms with Crippen LogP contribution in [0.25, 0.3) is 5.69 Å². The first kappa shape index (κ1) is 11.0. The van der Waals surface area contributed by atoms with Crippen molar-refractivity contribution in [2.75, 3.05) is 0 Å². The SMILES string of the molecule is CCc1n[nH]c(=S)n1-c1cc(C)cc(F)c1. The summed E-state index contributed by atoms with van der Waals surface area (Å²) in [5.74, 6) is 0.537. The van der Waals surface area contributed by atoms with E-state index in [1.165, 1.54) is 12.1 Å². The van der Waals surface area contributed by atoms with Crippen LogP contribution in [0.15, 0.2) is 18.2 Å². The Labute approximate surface area is 97.9 Å². The lowest BCUT2D eigenvalue weighted by atomic mass is 10.2. The van der Waals surface area contributed by atoms with E-state index in [-0.39, 0.29) is 5.82 Å². The lowest BCUT2D eigenvalue weighted by Crippen LogP contribution is -2.01. The number of aromatic amines is 1. The number of hydrogen-bond acceptors (Lipinski definition) is 2. The first-order chi connectivity index (χ1) is 7.61. The molecule has 5 heteroatoms. The number of halogens is 1. The molecule has 1 aromatic heterocycles. The molecule has 0 aliphatic carbocycles. The van der Waals surface area contributed by atoms with Gasteiger partial charge in [-0.15, -0.1) is 0 Å². The van der Waals surface area contributed by atoms with Gasteiger partial charge in [-0.25, -0.2) is 4.39 Å². The molecule has 16 heavy (non-hydrogen) atoms. The molecule has 2 aromatic rings. The molecule has 1 heterocycles. The van der Waals surface area contributed by atoms with Crippen LogP contribution in [0.1, 0.15) is 18.3 Å². The van der Waals surface area contributed by atoms with Crippen LogP contribution in [0.4, 0.5) is 4.39 Å². The lowest BCUT2D eigenvalue weighted by Gasteiger charge is -2.06. The molecule has 0 bridgehead atoms. The topological polar surface area (TPSA) is 33.6 Å². The third-order valence-corrected chi connectivity index (χ3v) is 2.62. The largest absolute Gasteiger partial charge is 0.272 e. The maximum absolute atomic E-state index is 13.3. The molecular formula is C11H12FN3S. The fraction of sp³-hybridized carbons (Fsp3) is 0.273. The normalized spacial score (nSPS) is 10.7. The van der Waals surface area contributed by atoms with Crippen molar-refractivity contribution in [3.63, 3.8) is 0 Å². The molecule has 0 fully saturated rings. The number of aromatic nitrogens is 3. The zero-order chi connectivity index (χ0) is 11.7. The van der Waals surface area contributed by atoms with Crippen LogP contribution in [0, 0.1) is 17.5 Å². The van der Waals surface area contributed by atoms with Gasteiger partial charge in [-0.2, -0.15) is 5.10 Å². The quantitative estimate of drug-likeness (QED) is 0.815. The molecule has 0 atom stereocenters. The summed E-state index contributed by atoms with van der Waals surface area (Å²) < 4.78 is 15.6. The van der Waals surface area contributed by atoms with Crippen molar-refractivity contribution >= 4 is 12.2 Å². The van der Waals surface area contributed by atoms with E-state index in [2.05, 4.69) is 10.2 Å². The predicted molar refractivity (Wildman–Crippen MR) is 62.8 cm³/mol. The molecule has 0 aliphatic rings. The predicted octanol–water partition coefficient (Wildman–Crippen LogP) is 2.94. The Kier molecular flexibility index (Phi) is 2.87. The van der Waals surface area contributed by atoms with Crippen LogP contribution in [0.3, 0.4) is 0 Å². The Balaban J connectivity index is 2.66. The zero-order valence-electron chi connectivity index (χ0n) is 9.12. The van der Waals surface area contributed by atoms with E-state index in [1.807, 2.05) is 19.9 Å². The molecule has 0 saturated heterocycles. The van der Waals surface area contributed by atoms with Crippen molar-refractivity contribution in [2.45, 2.75) is 20.3 Å². The van der Waals surface area contributed by atoms with Crippen molar-refractivity contribution < 1.29 is 4.39 Å². The van der Waals surface area contributed by atoms with Crippen LogP contribution in [0.5, 0.6) is 0 Å². The van der Waals surface area contributed by atoms with Crippen molar-refractivity contribution in [3.05, 3.63) is 40.2 Å². The van der Waals surface area contributed by atoms with Gasteiger partial charge >= 0.3 is 0 Å². The van der Waals surface area contributed by atoms with Gasteiger partial charge in [0, 0.05) is 6.42 Å². The molecule has 2 rings (SSSR count). The maximum Gasteiger partial charge on any atom is 0.199 e. The fourth-order valence-corrected chi connectivity index (χ4v) is 1.94. The number of nitrogens with one attached hydrogen (secondary N) is 1. The van der Waals surface area contributed by atoms with Gasteiger partial charge in [-0.05, 0) is 42.9 Å². The van der Waals surface area contributed by atoms with Crippen molar-refractivity contribution in [1.29, 1.82) is 0 Å². The minimum Gasteiger partial charge on any atom is -0.272 e. The first-order valence-electron chi connectivity index (χ1n) is 5.05. The molecule has 1 aromatic carbocycles. The van der Waals surface area contributed by atoms with Gasteiger partial charge in [0.2, 0.25) is 0 Å². The Bertz CT molecular complexity index is 551. The van der Waals surface area contributed by atoms with Crippen molar-refractivity contribution in [1.82, 2.24) is 14.8 Å². The molecule has 0 unspecified atom stereocenters. The monoisotopic (exact) mass is 237 g/mol. The Morgan fingerprint density at radius 3 is 2.81 bits per heavy atom. The summed E-state index contributed by atoms with van der Waals surface area (Å²) in [6.07, 6.45) is 0.739. The first-order valence-corrected chi connectivity index (χ1v) is 5.46. The fourth-order valence-electron chi connectivity index (χ4n) is 1.68. The molecule has 1 N–H and O–H groups in total. The minimum atomic E-state index is -0.264. The smallest absolute Gasteiger partial charge is 0.199 e. The summed E-state index contributed by atoms with van der Waals surface area (Å²) in [5, 5.41) is 6.81. The average Bonchev–Trinajstić information content (AvgIpc) is 2.58. The molecule has 0 saturated carbocycles. The van der Waals surface area contributed by atoms with Gasteiger partial charge in [-0.1, -0.05) is 6.92 Å². The second kappa shape index (κ2) is 4.17. The number of H-pyrrole nitrogens is 1. The highest BCUT2D eigenvalue weighted by molar-refractivity contribution is 7.71. The summed E-state index contributed by atoms with van der Waals surface area (Å²) in [7, 11) is 0. The van der Waals surface area contributed by atoms with Gasteiger partial charge in [0.15, 0.2) is 4.77 Å². The van der Waals surface area contributed by atoms with Crippen LogP contribution >= 0.6 is 12.2 Å². The maximum atomic E-state index is 13.3. The van der Waals surface area contributed by atoms with Crippen LogP contribution in [0.2, 0.25) is 0 Å². The highest BCUT2D eigenvalue weighted by Gasteiger charge is 2.07.